The first-order chi connectivity index (χ1) is 7.70. The molecule has 1 atom stereocenters. The first-order valence-electron chi connectivity index (χ1n) is 5.02. The zero-order chi connectivity index (χ0) is 13.2. The lowest BCUT2D eigenvalue weighted by Crippen LogP contribution is -2.16. The van der Waals surface area contributed by atoms with Crippen LogP contribution >= 0.6 is 24.0 Å². The molecule has 0 heterocycles. The number of halogens is 5. The van der Waals surface area contributed by atoms with Gasteiger partial charge in [0.1, 0.15) is 5.75 Å². The Morgan fingerprint density at radius 3 is 2.44 bits per heavy atom. The molecule has 0 fully saturated rings. The van der Waals surface area contributed by atoms with E-state index >= 15 is 0 Å². The van der Waals surface area contributed by atoms with Crippen LogP contribution in [-0.4, -0.2) is 11.3 Å². The van der Waals surface area contributed by atoms with E-state index in [1.165, 1.54) is 12.1 Å². The van der Waals surface area contributed by atoms with E-state index in [4.69, 9.17) is 17.3 Å². The van der Waals surface area contributed by atoms with Crippen LogP contribution in [0.15, 0.2) is 12.1 Å². The number of phenols is 1. The first kappa shape index (κ1) is 17.4. The Balaban J connectivity index is 0.00000289. The van der Waals surface area contributed by atoms with Gasteiger partial charge in [-0.3, -0.25) is 0 Å². The van der Waals surface area contributed by atoms with Gasteiger partial charge in [0.05, 0.1) is 0 Å². The molecule has 0 aliphatic carbocycles. The number of aromatic hydroxyl groups is 1. The van der Waals surface area contributed by atoms with Crippen molar-refractivity contribution in [2.45, 2.75) is 32.0 Å². The van der Waals surface area contributed by atoms with Crippen LogP contribution in [-0.2, 0) is 0 Å². The van der Waals surface area contributed by atoms with Gasteiger partial charge < -0.3 is 10.8 Å². The minimum Gasteiger partial charge on any atom is -0.507 e. The molecule has 1 aromatic rings. The Labute approximate surface area is 114 Å². The summed E-state index contributed by atoms with van der Waals surface area (Å²) in [6.45, 7) is 1.61. The molecule has 0 saturated heterocycles. The lowest BCUT2D eigenvalue weighted by Gasteiger charge is -2.16. The summed E-state index contributed by atoms with van der Waals surface area (Å²) in [5, 5.41) is 10.0. The van der Waals surface area contributed by atoms with Crippen molar-refractivity contribution in [3.63, 3.8) is 0 Å². The summed E-state index contributed by atoms with van der Waals surface area (Å²) in [4.78, 5) is 0. The summed E-state index contributed by atoms with van der Waals surface area (Å²) in [7, 11) is 0. The van der Waals surface area contributed by atoms with E-state index in [1.807, 2.05) is 0 Å². The van der Waals surface area contributed by atoms with E-state index in [2.05, 4.69) is 0 Å². The lowest BCUT2D eigenvalue weighted by molar-refractivity contribution is -0.136. The quantitative estimate of drug-likeness (QED) is 0.882. The summed E-state index contributed by atoms with van der Waals surface area (Å²) < 4.78 is 36.1. The number of phenolic OH excluding ortho intramolecular Hbond substituents is 1. The first-order valence-corrected chi connectivity index (χ1v) is 5.40. The Morgan fingerprint density at radius 2 is 1.94 bits per heavy atom. The van der Waals surface area contributed by atoms with Crippen molar-refractivity contribution in [2.75, 3.05) is 0 Å². The second-order valence-electron chi connectivity index (χ2n) is 3.92. The largest absolute Gasteiger partial charge is 0.507 e. The standard InChI is InChI=1S/C11H13ClF3NO.ClH/c1-6-4-7(12)5-8(10(6)17)9(16)2-3-11(13,14)15;/h4-5,9,17H,2-3,16H2,1H3;1H/t9-;/m0./s1. The summed E-state index contributed by atoms with van der Waals surface area (Å²) in [5.41, 5.74) is 6.37. The number of rotatable bonds is 3. The highest BCUT2D eigenvalue weighted by molar-refractivity contribution is 6.30. The van der Waals surface area contributed by atoms with E-state index in [1.54, 1.807) is 6.92 Å². The third kappa shape index (κ3) is 4.92. The fourth-order valence-electron chi connectivity index (χ4n) is 1.52. The van der Waals surface area contributed by atoms with Gasteiger partial charge in [0.25, 0.3) is 0 Å². The summed E-state index contributed by atoms with van der Waals surface area (Å²) >= 11 is 5.77. The summed E-state index contributed by atoms with van der Waals surface area (Å²) in [6, 6.07) is 2.04. The van der Waals surface area contributed by atoms with Gasteiger partial charge in [-0.1, -0.05) is 11.6 Å². The summed E-state index contributed by atoms with van der Waals surface area (Å²) in [6.07, 6.45) is -5.52. The molecule has 0 saturated carbocycles. The van der Waals surface area contributed by atoms with E-state index in [9.17, 15) is 18.3 Å². The second kappa shape index (κ2) is 6.50. The highest BCUT2D eigenvalue weighted by Crippen LogP contribution is 2.34. The molecular formula is C11H14Cl2F3NO. The van der Waals surface area contributed by atoms with Crippen LogP contribution < -0.4 is 5.73 Å². The predicted molar refractivity (Wildman–Crippen MR) is 67.3 cm³/mol. The van der Waals surface area contributed by atoms with E-state index in [0.717, 1.165) is 0 Å². The van der Waals surface area contributed by atoms with Crippen LogP contribution in [0.3, 0.4) is 0 Å². The molecule has 18 heavy (non-hydrogen) atoms. The molecule has 0 aliphatic heterocycles. The number of hydrogen-bond donors (Lipinski definition) is 2. The minimum atomic E-state index is -4.25. The number of hydrogen-bond acceptors (Lipinski definition) is 2. The van der Waals surface area contributed by atoms with Crippen molar-refractivity contribution in [1.82, 2.24) is 0 Å². The van der Waals surface area contributed by atoms with Gasteiger partial charge in [0.15, 0.2) is 0 Å². The topological polar surface area (TPSA) is 46.2 Å². The van der Waals surface area contributed by atoms with E-state index < -0.39 is 18.6 Å². The molecule has 1 aromatic carbocycles. The van der Waals surface area contributed by atoms with Crippen molar-refractivity contribution in [1.29, 1.82) is 0 Å². The summed E-state index contributed by atoms with van der Waals surface area (Å²) in [5.74, 6) is -0.0934. The molecule has 1 rings (SSSR count). The molecule has 0 radical (unpaired) electrons. The molecule has 0 aliphatic rings. The average Bonchev–Trinajstić information content (AvgIpc) is 2.19. The predicted octanol–water partition coefficient (Wildman–Crippen LogP) is 4.12. The number of alkyl halides is 3. The number of aryl methyl sites for hydroxylation is 1. The van der Waals surface area contributed by atoms with Gasteiger partial charge in [-0.25, -0.2) is 0 Å². The van der Waals surface area contributed by atoms with E-state index in [-0.39, 0.29) is 30.1 Å². The smallest absolute Gasteiger partial charge is 0.389 e. The van der Waals surface area contributed by atoms with Gasteiger partial charge in [0, 0.05) is 23.0 Å². The van der Waals surface area contributed by atoms with Crippen molar-refractivity contribution >= 4 is 24.0 Å². The van der Waals surface area contributed by atoms with Crippen LogP contribution in [0.25, 0.3) is 0 Å². The molecule has 104 valence electrons. The highest BCUT2D eigenvalue weighted by Gasteiger charge is 2.28. The maximum atomic E-state index is 12.0. The van der Waals surface area contributed by atoms with E-state index in [0.29, 0.717) is 10.6 Å². The van der Waals surface area contributed by atoms with Crippen molar-refractivity contribution in [3.8, 4) is 5.75 Å². The molecule has 7 heteroatoms. The van der Waals surface area contributed by atoms with Gasteiger partial charge in [-0.05, 0) is 31.0 Å². The molecule has 2 nitrogen and oxygen atoms in total. The molecule has 0 aromatic heterocycles. The monoisotopic (exact) mass is 303 g/mol. The molecule has 3 N–H and O–H groups in total. The van der Waals surface area contributed by atoms with Gasteiger partial charge in [-0.2, -0.15) is 13.2 Å². The van der Waals surface area contributed by atoms with Gasteiger partial charge >= 0.3 is 6.18 Å². The van der Waals surface area contributed by atoms with Gasteiger partial charge in [0.2, 0.25) is 0 Å². The van der Waals surface area contributed by atoms with Crippen molar-refractivity contribution < 1.29 is 18.3 Å². The number of benzene rings is 1. The fraction of sp³-hybridized carbons (Fsp3) is 0.455. The third-order valence-electron chi connectivity index (χ3n) is 2.43. The minimum absolute atomic E-state index is 0. The Hall–Kier alpha value is -0.650. The molecule has 0 amide bonds. The average molecular weight is 304 g/mol. The van der Waals surface area contributed by atoms with Crippen LogP contribution in [0, 0.1) is 6.92 Å². The van der Waals surface area contributed by atoms with Gasteiger partial charge in [-0.15, -0.1) is 12.4 Å². The van der Waals surface area contributed by atoms with Crippen LogP contribution in [0.5, 0.6) is 5.75 Å². The van der Waals surface area contributed by atoms with Crippen LogP contribution in [0.2, 0.25) is 5.02 Å². The Bertz CT molecular complexity index is 410. The maximum Gasteiger partial charge on any atom is 0.389 e. The second-order valence-corrected chi connectivity index (χ2v) is 4.36. The zero-order valence-electron chi connectivity index (χ0n) is 9.59. The number of nitrogens with two attached hydrogens (primary N) is 1. The normalized spacial score (nSPS) is 13.0. The molecule has 0 bridgehead atoms. The lowest BCUT2D eigenvalue weighted by atomic mass is 9.99. The molecular weight excluding hydrogens is 290 g/mol. The third-order valence-corrected chi connectivity index (χ3v) is 2.65. The molecule has 0 unspecified atom stereocenters. The maximum absolute atomic E-state index is 12.0. The van der Waals surface area contributed by atoms with Crippen molar-refractivity contribution in [3.05, 3.63) is 28.3 Å². The molecule has 0 spiro atoms. The SMILES string of the molecule is Cc1cc(Cl)cc([C@@H](N)CCC(F)(F)F)c1O.Cl. The Morgan fingerprint density at radius 1 is 1.39 bits per heavy atom. The highest BCUT2D eigenvalue weighted by atomic mass is 35.5. The Kier molecular flexibility index (Phi) is 6.26. The van der Waals surface area contributed by atoms with Crippen LogP contribution in [0.4, 0.5) is 13.2 Å². The fourth-order valence-corrected chi connectivity index (χ4v) is 1.80. The van der Waals surface area contributed by atoms with Crippen molar-refractivity contribution in [2.24, 2.45) is 5.73 Å². The zero-order valence-corrected chi connectivity index (χ0v) is 11.2. The van der Waals surface area contributed by atoms with Crippen LogP contribution in [0.1, 0.15) is 30.0 Å².